The van der Waals surface area contributed by atoms with Crippen LogP contribution < -0.4 is 4.74 Å². The van der Waals surface area contributed by atoms with E-state index in [1.807, 2.05) is 0 Å². The van der Waals surface area contributed by atoms with Gasteiger partial charge in [-0.3, -0.25) is 0 Å². The SMILES string of the molecule is Fc1cc(OCCCl)ccc1Cl. The van der Waals surface area contributed by atoms with E-state index < -0.39 is 5.82 Å². The molecule has 12 heavy (non-hydrogen) atoms. The van der Waals surface area contributed by atoms with Crippen molar-refractivity contribution in [2.45, 2.75) is 0 Å². The van der Waals surface area contributed by atoms with Crippen LogP contribution in [-0.4, -0.2) is 12.5 Å². The minimum absolute atomic E-state index is 0.0909. The maximum Gasteiger partial charge on any atom is 0.145 e. The molecule has 0 heterocycles. The van der Waals surface area contributed by atoms with Crippen LogP contribution in [0.3, 0.4) is 0 Å². The molecule has 1 rings (SSSR count). The van der Waals surface area contributed by atoms with Gasteiger partial charge in [-0.15, -0.1) is 11.6 Å². The van der Waals surface area contributed by atoms with E-state index in [4.69, 9.17) is 27.9 Å². The topological polar surface area (TPSA) is 9.23 Å². The zero-order valence-electron chi connectivity index (χ0n) is 6.19. The lowest BCUT2D eigenvalue weighted by Crippen LogP contribution is -1.98. The summed E-state index contributed by atoms with van der Waals surface area (Å²) in [5, 5.41) is 0.0909. The quantitative estimate of drug-likeness (QED) is 0.695. The predicted octanol–water partition coefficient (Wildman–Crippen LogP) is 3.10. The normalized spacial score (nSPS) is 9.92. The lowest BCUT2D eigenvalue weighted by molar-refractivity contribution is 0.341. The Morgan fingerprint density at radius 3 is 2.75 bits per heavy atom. The molecule has 0 aromatic heterocycles. The van der Waals surface area contributed by atoms with Gasteiger partial charge >= 0.3 is 0 Å². The third-order valence-electron chi connectivity index (χ3n) is 1.24. The summed E-state index contributed by atoms with van der Waals surface area (Å²) in [6, 6.07) is 4.27. The minimum atomic E-state index is -0.483. The molecule has 0 saturated carbocycles. The molecule has 0 N–H and O–H groups in total. The number of hydrogen-bond donors (Lipinski definition) is 0. The monoisotopic (exact) mass is 208 g/mol. The Labute approximate surface area is 80.0 Å². The summed E-state index contributed by atoms with van der Waals surface area (Å²) in [7, 11) is 0. The molecule has 1 nitrogen and oxygen atoms in total. The molecule has 1 aromatic rings. The highest BCUT2D eigenvalue weighted by molar-refractivity contribution is 6.30. The van der Waals surface area contributed by atoms with Crippen LogP contribution in [0.4, 0.5) is 4.39 Å². The summed E-state index contributed by atoms with van der Waals surface area (Å²) in [5.74, 6) is 0.339. The molecule has 0 atom stereocenters. The summed E-state index contributed by atoms with van der Waals surface area (Å²) >= 11 is 10.8. The van der Waals surface area contributed by atoms with Gasteiger partial charge in [-0.05, 0) is 12.1 Å². The molecular formula is C8H7Cl2FO. The van der Waals surface area contributed by atoms with Gasteiger partial charge in [-0.1, -0.05) is 11.6 Å². The number of benzene rings is 1. The van der Waals surface area contributed by atoms with Crippen LogP contribution in [0.2, 0.25) is 5.02 Å². The molecule has 0 amide bonds. The molecule has 0 unspecified atom stereocenters. The molecule has 0 radical (unpaired) electrons. The zero-order chi connectivity index (χ0) is 8.97. The number of rotatable bonds is 3. The number of ether oxygens (including phenoxy) is 1. The second-order valence-corrected chi connectivity index (χ2v) is 2.90. The molecule has 0 aliphatic heterocycles. The lowest BCUT2D eigenvalue weighted by atomic mass is 10.3. The Morgan fingerprint density at radius 1 is 1.42 bits per heavy atom. The number of hydrogen-bond acceptors (Lipinski definition) is 1. The fourth-order valence-corrected chi connectivity index (χ4v) is 0.918. The second-order valence-electron chi connectivity index (χ2n) is 2.11. The lowest BCUT2D eigenvalue weighted by Gasteiger charge is -2.03. The van der Waals surface area contributed by atoms with E-state index in [0.29, 0.717) is 18.2 Å². The summed E-state index contributed by atoms with van der Waals surface area (Å²) in [4.78, 5) is 0. The van der Waals surface area contributed by atoms with Crippen molar-refractivity contribution in [3.63, 3.8) is 0 Å². The van der Waals surface area contributed by atoms with Crippen LogP contribution in [0.1, 0.15) is 0 Å². The molecule has 0 saturated heterocycles. The maximum atomic E-state index is 12.8. The van der Waals surface area contributed by atoms with E-state index in [1.165, 1.54) is 12.1 Å². The van der Waals surface area contributed by atoms with Crippen molar-refractivity contribution in [2.75, 3.05) is 12.5 Å². The van der Waals surface area contributed by atoms with Crippen LogP contribution in [0.15, 0.2) is 18.2 Å². The number of halogens is 3. The van der Waals surface area contributed by atoms with Crippen LogP contribution in [-0.2, 0) is 0 Å². The fraction of sp³-hybridized carbons (Fsp3) is 0.250. The van der Waals surface area contributed by atoms with E-state index in [9.17, 15) is 4.39 Å². The predicted molar refractivity (Wildman–Crippen MR) is 47.6 cm³/mol. The van der Waals surface area contributed by atoms with E-state index in [0.717, 1.165) is 0 Å². The van der Waals surface area contributed by atoms with E-state index in [2.05, 4.69) is 0 Å². The second kappa shape index (κ2) is 4.53. The smallest absolute Gasteiger partial charge is 0.145 e. The summed E-state index contributed by atoms with van der Waals surface area (Å²) in [6.07, 6.45) is 0. The minimum Gasteiger partial charge on any atom is -0.492 e. The maximum absolute atomic E-state index is 12.8. The third kappa shape index (κ3) is 2.54. The molecular weight excluding hydrogens is 202 g/mol. The first-order valence-electron chi connectivity index (χ1n) is 3.38. The van der Waals surface area contributed by atoms with E-state index >= 15 is 0 Å². The van der Waals surface area contributed by atoms with Gasteiger partial charge < -0.3 is 4.74 Å². The Balaban J connectivity index is 2.69. The first kappa shape index (κ1) is 9.62. The van der Waals surface area contributed by atoms with Crippen molar-refractivity contribution in [2.24, 2.45) is 0 Å². The van der Waals surface area contributed by atoms with Gasteiger partial charge in [-0.25, -0.2) is 4.39 Å². The molecule has 0 spiro atoms. The summed E-state index contributed by atoms with van der Waals surface area (Å²) < 4.78 is 17.8. The highest BCUT2D eigenvalue weighted by atomic mass is 35.5. The van der Waals surface area contributed by atoms with E-state index in [1.54, 1.807) is 6.07 Å². The van der Waals surface area contributed by atoms with Gasteiger partial charge in [0.25, 0.3) is 0 Å². The Kier molecular flexibility index (Phi) is 3.63. The van der Waals surface area contributed by atoms with E-state index in [-0.39, 0.29) is 5.02 Å². The van der Waals surface area contributed by atoms with Crippen molar-refractivity contribution < 1.29 is 9.13 Å². The van der Waals surface area contributed by atoms with Crippen molar-refractivity contribution >= 4 is 23.2 Å². The molecule has 0 aliphatic carbocycles. The first-order chi connectivity index (χ1) is 5.74. The van der Waals surface area contributed by atoms with Crippen LogP contribution in [0.25, 0.3) is 0 Å². The van der Waals surface area contributed by atoms with Gasteiger partial charge in [-0.2, -0.15) is 0 Å². The standard InChI is InChI=1S/C8H7Cl2FO/c9-3-4-12-6-1-2-7(10)8(11)5-6/h1-2,5H,3-4H2. The first-order valence-corrected chi connectivity index (χ1v) is 4.29. The van der Waals surface area contributed by atoms with Crippen LogP contribution in [0, 0.1) is 5.82 Å². The fourth-order valence-electron chi connectivity index (χ4n) is 0.723. The van der Waals surface area contributed by atoms with Crippen LogP contribution in [0.5, 0.6) is 5.75 Å². The molecule has 4 heteroatoms. The van der Waals surface area contributed by atoms with Crippen molar-refractivity contribution in [1.82, 2.24) is 0 Å². The Morgan fingerprint density at radius 2 is 2.17 bits per heavy atom. The zero-order valence-corrected chi connectivity index (χ0v) is 7.70. The van der Waals surface area contributed by atoms with Gasteiger partial charge in [0.05, 0.1) is 10.9 Å². The highest BCUT2D eigenvalue weighted by Gasteiger charge is 2.00. The van der Waals surface area contributed by atoms with Gasteiger partial charge in [0.15, 0.2) is 0 Å². The molecule has 0 fully saturated rings. The average molecular weight is 209 g/mol. The highest BCUT2D eigenvalue weighted by Crippen LogP contribution is 2.20. The summed E-state index contributed by atoms with van der Waals surface area (Å²) in [6.45, 7) is 0.364. The molecule has 1 aromatic carbocycles. The van der Waals surface area contributed by atoms with Crippen molar-refractivity contribution in [1.29, 1.82) is 0 Å². The molecule has 66 valence electrons. The average Bonchev–Trinajstić information content (AvgIpc) is 2.07. The Hall–Kier alpha value is -0.470. The summed E-state index contributed by atoms with van der Waals surface area (Å²) in [5.41, 5.74) is 0. The molecule has 0 aliphatic rings. The van der Waals surface area contributed by atoms with Crippen molar-refractivity contribution in [3.05, 3.63) is 29.0 Å². The van der Waals surface area contributed by atoms with Crippen LogP contribution >= 0.6 is 23.2 Å². The Bertz CT molecular complexity index is 265. The largest absolute Gasteiger partial charge is 0.492 e. The van der Waals surface area contributed by atoms with Gasteiger partial charge in [0, 0.05) is 6.07 Å². The molecule has 0 bridgehead atoms. The van der Waals surface area contributed by atoms with Gasteiger partial charge in [0.2, 0.25) is 0 Å². The van der Waals surface area contributed by atoms with Gasteiger partial charge in [0.1, 0.15) is 18.2 Å². The van der Waals surface area contributed by atoms with Crippen molar-refractivity contribution in [3.8, 4) is 5.75 Å². The third-order valence-corrected chi connectivity index (χ3v) is 1.70. The number of alkyl halides is 1.